The molecular formula is C13H15N3O2S2. The molecule has 0 aliphatic rings. The van der Waals surface area contributed by atoms with Gasteiger partial charge in [0.1, 0.15) is 5.82 Å². The second kappa shape index (κ2) is 6.25. The Hall–Kier alpha value is -1.57. The monoisotopic (exact) mass is 309 g/mol. The largest absolute Gasteiger partial charge is 0.308 e. The van der Waals surface area contributed by atoms with Crippen molar-refractivity contribution in [2.24, 2.45) is 5.84 Å². The molecule has 7 heteroatoms. The third-order valence-electron chi connectivity index (χ3n) is 2.63. The number of nitrogen functional groups attached to an aromatic ring is 1. The van der Waals surface area contributed by atoms with Crippen molar-refractivity contribution in [1.29, 1.82) is 0 Å². The van der Waals surface area contributed by atoms with Crippen molar-refractivity contribution in [2.45, 2.75) is 15.5 Å². The topological polar surface area (TPSA) is 85.1 Å². The predicted octanol–water partition coefficient (Wildman–Crippen LogP) is 2.06. The Kier molecular flexibility index (Phi) is 4.64. The molecule has 1 aromatic heterocycles. The van der Waals surface area contributed by atoms with E-state index < -0.39 is 9.84 Å². The Morgan fingerprint density at radius 3 is 2.40 bits per heavy atom. The number of thioether (sulfide) groups is 1. The number of anilines is 1. The van der Waals surface area contributed by atoms with Gasteiger partial charge in [-0.2, -0.15) is 0 Å². The van der Waals surface area contributed by atoms with E-state index in [2.05, 4.69) is 10.4 Å². The summed E-state index contributed by atoms with van der Waals surface area (Å²) < 4.78 is 22.7. The summed E-state index contributed by atoms with van der Waals surface area (Å²) in [5.41, 5.74) is 3.54. The van der Waals surface area contributed by atoms with Gasteiger partial charge in [0.2, 0.25) is 0 Å². The van der Waals surface area contributed by atoms with E-state index in [0.29, 0.717) is 10.7 Å². The number of benzene rings is 1. The van der Waals surface area contributed by atoms with Gasteiger partial charge in [0.15, 0.2) is 9.84 Å². The lowest BCUT2D eigenvalue weighted by molar-refractivity contribution is 0.602. The first-order valence-corrected chi connectivity index (χ1v) is 8.71. The van der Waals surface area contributed by atoms with Crippen LogP contribution >= 0.6 is 11.8 Å². The lowest BCUT2D eigenvalue weighted by Gasteiger charge is -2.04. The molecule has 0 radical (unpaired) electrons. The van der Waals surface area contributed by atoms with E-state index in [4.69, 9.17) is 5.84 Å². The maximum Gasteiger partial charge on any atom is 0.175 e. The molecule has 1 heterocycles. The average molecular weight is 309 g/mol. The smallest absolute Gasteiger partial charge is 0.175 e. The number of hydrazine groups is 1. The number of sulfone groups is 1. The van der Waals surface area contributed by atoms with Crippen LogP contribution in [-0.2, 0) is 15.6 Å². The summed E-state index contributed by atoms with van der Waals surface area (Å²) in [6, 6.07) is 10.6. The fourth-order valence-corrected chi connectivity index (χ4v) is 3.01. The van der Waals surface area contributed by atoms with Crippen molar-refractivity contribution in [3.05, 3.63) is 48.2 Å². The standard InChI is InChI=1S/C13H15N3O2S2/c1-20(17,18)12-5-3-11(4-6-12)19-9-10-2-7-13(16-14)15-8-10/h2-8H,9,14H2,1H3,(H,15,16). The molecule has 2 aromatic rings. The molecule has 106 valence electrons. The van der Waals surface area contributed by atoms with Crippen LogP contribution in [0.3, 0.4) is 0 Å². The second-order valence-corrected chi connectivity index (χ2v) is 7.29. The molecule has 0 spiro atoms. The number of nitrogens with zero attached hydrogens (tertiary/aromatic N) is 1. The Labute approximate surface area is 122 Å². The van der Waals surface area contributed by atoms with Crippen LogP contribution in [-0.4, -0.2) is 19.7 Å². The quantitative estimate of drug-likeness (QED) is 0.499. The number of rotatable bonds is 5. The van der Waals surface area contributed by atoms with Crippen molar-refractivity contribution >= 4 is 27.4 Å². The highest BCUT2D eigenvalue weighted by atomic mass is 32.2. The molecule has 20 heavy (non-hydrogen) atoms. The zero-order valence-electron chi connectivity index (χ0n) is 10.9. The van der Waals surface area contributed by atoms with Gasteiger partial charge in [-0.05, 0) is 35.9 Å². The summed E-state index contributed by atoms with van der Waals surface area (Å²) in [7, 11) is -3.13. The van der Waals surface area contributed by atoms with Crippen molar-refractivity contribution < 1.29 is 8.42 Å². The second-order valence-electron chi connectivity index (χ2n) is 4.23. The van der Waals surface area contributed by atoms with Gasteiger partial charge in [0, 0.05) is 23.1 Å². The van der Waals surface area contributed by atoms with Crippen LogP contribution in [0.25, 0.3) is 0 Å². The zero-order chi connectivity index (χ0) is 14.6. The summed E-state index contributed by atoms with van der Waals surface area (Å²) in [4.78, 5) is 5.47. The van der Waals surface area contributed by atoms with E-state index in [9.17, 15) is 8.42 Å². The van der Waals surface area contributed by atoms with Crippen molar-refractivity contribution in [3.8, 4) is 0 Å². The number of nitrogens with two attached hydrogens (primary N) is 1. The number of pyridine rings is 1. The first-order valence-electron chi connectivity index (χ1n) is 5.83. The van der Waals surface area contributed by atoms with E-state index in [1.54, 1.807) is 30.1 Å². The molecule has 0 aliphatic carbocycles. The van der Waals surface area contributed by atoms with Crippen molar-refractivity contribution in [2.75, 3.05) is 11.7 Å². The number of nitrogens with one attached hydrogen (secondary N) is 1. The van der Waals surface area contributed by atoms with Gasteiger partial charge in [-0.25, -0.2) is 19.2 Å². The Morgan fingerprint density at radius 2 is 1.90 bits per heavy atom. The van der Waals surface area contributed by atoms with Crippen LogP contribution in [0.5, 0.6) is 0 Å². The molecular weight excluding hydrogens is 294 g/mol. The molecule has 2 rings (SSSR count). The molecule has 5 nitrogen and oxygen atoms in total. The summed E-state index contributed by atoms with van der Waals surface area (Å²) in [5.74, 6) is 6.63. The third kappa shape index (κ3) is 3.96. The van der Waals surface area contributed by atoms with Gasteiger partial charge >= 0.3 is 0 Å². The Balaban J connectivity index is 2.00. The normalized spacial score (nSPS) is 11.3. The molecule has 0 bridgehead atoms. The molecule has 1 aromatic carbocycles. The van der Waals surface area contributed by atoms with E-state index in [0.717, 1.165) is 16.2 Å². The minimum Gasteiger partial charge on any atom is -0.308 e. The predicted molar refractivity (Wildman–Crippen MR) is 81.2 cm³/mol. The van der Waals surface area contributed by atoms with Gasteiger partial charge in [-0.15, -0.1) is 11.8 Å². The van der Waals surface area contributed by atoms with E-state index in [-0.39, 0.29) is 0 Å². The number of aromatic nitrogens is 1. The van der Waals surface area contributed by atoms with Gasteiger partial charge < -0.3 is 5.43 Å². The van der Waals surface area contributed by atoms with Gasteiger partial charge in [-0.1, -0.05) is 6.07 Å². The Morgan fingerprint density at radius 1 is 1.20 bits per heavy atom. The maximum absolute atomic E-state index is 11.4. The van der Waals surface area contributed by atoms with Gasteiger partial charge in [-0.3, -0.25) is 0 Å². The van der Waals surface area contributed by atoms with Crippen LogP contribution in [0.2, 0.25) is 0 Å². The minimum absolute atomic E-state index is 0.335. The van der Waals surface area contributed by atoms with Crippen LogP contribution < -0.4 is 11.3 Å². The molecule has 0 unspecified atom stereocenters. The molecule has 0 atom stereocenters. The summed E-state index contributed by atoms with van der Waals surface area (Å²) >= 11 is 1.62. The molecule has 0 saturated heterocycles. The molecule has 0 saturated carbocycles. The number of hydrogen-bond acceptors (Lipinski definition) is 6. The zero-order valence-corrected chi connectivity index (χ0v) is 12.5. The van der Waals surface area contributed by atoms with E-state index in [1.807, 2.05) is 24.3 Å². The first kappa shape index (κ1) is 14.8. The van der Waals surface area contributed by atoms with E-state index in [1.165, 1.54) is 6.26 Å². The van der Waals surface area contributed by atoms with E-state index >= 15 is 0 Å². The highest BCUT2D eigenvalue weighted by Crippen LogP contribution is 2.24. The van der Waals surface area contributed by atoms with Gasteiger partial charge in [0.25, 0.3) is 0 Å². The molecule has 0 aliphatic heterocycles. The van der Waals surface area contributed by atoms with Crippen molar-refractivity contribution in [1.82, 2.24) is 4.98 Å². The molecule has 3 N–H and O–H groups in total. The highest BCUT2D eigenvalue weighted by molar-refractivity contribution is 7.98. The average Bonchev–Trinajstić information content (AvgIpc) is 2.45. The van der Waals surface area contributed by atoms with Gasteiger partial charge in [0.05, 0.1) is 4.90 Å². The minimum atomic E-state index is -3.13. The molecule has 0 amide bonds. The van der Waals surface area contributed by atoms with Crippen LogP contribution in [0, 0.1) is 0 Å². The fraction of sp³-hybridized carbons (Fsp3) is 0.154. The lowest BCUT2D eigenvalue weighted by atomic mass is 10.3. The third-order valence-corrected chi connectivity index (χ3v) is 4.84. The highest BCUT2D eigenvalue weighted by Gasteiger charge is 2.06. The summed E-state index contributed by atoms with van der Waals surface area (Å²) in [6.45, 7) is 0. The van der Waals surface area contributed by atoms with Crippen LogP contribution in [0.4, 0.5) is 5.82 Å². The fourth-order valence-electron chi connectivity index (χ4n) is 1.54. The Bertz CT molecular complexity index is 668. The first-order chi connectivity index (χ1) is 9.49. The summed E-state index contributed by atoms with van der Waals surface area (Å²) in [5, 5.41) is 0. The lowest BCUT2D eigenvalue weighted by Crippen LogP contribution is -2.08. The maximum atomic E-state index is 11.4. The van der Waals surface area contributed by atoms with Crippen LogP contribution in [0.15, 0.2) is 52.4 Å². The van der Waals surface area contributed by atoms with Crippen molar-refractivity contribution in [3.63, 3.8) is 0 Å². The number of hydrogen-bond donors (Lipinski definition) is 2. The SMILES string of the molecule is CS(=O)(=O)c1ccc(SCc2ccc(NN)nc2)cc1. The summed E-state index contributed by atoms with van der Waals surface area (Å²) in [6.07, 6.45) is 2.96. The van der Waals surface area contributed by atoms with Crippen LogP contribution in [0.1, 0.15) is 5.56 Å². The molecule has 0 fully saturated rings.